The first-order valence-corrected chi connectivity index (χ1v) is 6.95. The topological polar surface area (TPSA) is 109 Å². The summed E-state index contributed by atoms with van der Waals surface area (Å²) < 4.78 is 3.79. The summed E-state index contributed by atoms with van der Waals surface area (Å²) in [4.78, 5) is 25.2. The van der Waals surface area contributed by atoms with E-state index in [1.807, 2.05) is 6.92 Å². The quantitative estimate of drug-likeness (QED) is 0.831. The maximum Gasteiger partial charge on any atom is 0.335 e. The van der Waals surface area contributed by atoms with Crippen molar-refractivity contribution in [3.63, 3.8) is 0 Å². The van der Waals surface area contributed by atoms with Crippen LogP contribution in [0.1, 0.15) is 32.6 Å². The van der Waals surface area contributed by atoms with Gasteiger partial charge in [-0.25, -0.2) is 4.79 Å². The molecule has 110 valence electrons. The van der Waals surface area contributed by atoms with Gasteiger partial charge in [0.1, 0.15) is 4.88 Å². The predicted molar refractivity (Wildman–Crippen MR) is 79.8 cm³/mol. The average Bonchev–Trinajstić information content (AvgIpc) is 2.93. The molecular weight excluding hydrogens is 292 g/mol. The highest BCUT2D eigenvalue weighted by Crippen LogP contribution is 2.26. The minimum Gasteiger partial charge on any atom is -0.478 e. The van der Waals surface area contributed by atoms with Crippen molar-refractivity contribution in [1.82, 2.24) is 9.59 Å². The first-order chi connectivity index (χ1) is 9.95. The number of nitrogens with zero attached hydrogens (tertiary/aromatic N) is 3. The standard InChI is InChI=1S/C13H14N4O3S/c1-3-9-11(21-16-15-9)12(18)17(2)10-5-4-7(13(19)20)6-8(10)14/h4-6H,3,14H2,1-2H3,(H,19,20). The fraction of sp³-hybridized carbons (Fsp3) is 0.231. The van der Waals surface area contributed by atoms with Gasteiger partial charge in [-0.2, -0.15) is 0 Å². The molecule has 7 nitrogen and oxygen atoms in total. The zero-order valence-electron chi connectivity index (χ0n) is 11.5. The van der Waals surface area contributed by atoms with Gasteiger partial charge in [0.25, 0.3) is 5.91 Å². The van der Waals surface area contributed by atoms with E-state index in [1.54, 1.807) is 7.05 Å². The molecule has 0 aliphatic carbocycles. The van der Waals surface area contributed by atoms with E-state index in [1.165, 1.54) is 23.1 Å². The van der Waals surface area contributed by atoms with Crippen LogP contribution in [-0.2, 0) is 6.42 Å². The van der Waals surface area contributed by atoms with Crippen molar-refractivity contribution in [2.24, 2.45) is 0 Å². The van der Waals surface area contributed by atoms with Gasteiger partial charge in [-0.3, -0.25) is 4.79 Å². The van der Waals surface area contributed by atoms with E-state index >= 15 is 0 Å². The number of carboxylic acid groups (broad SMARTS) is 1. The molecule has 1 heterocycles. The predicted octanol–water partition coefficient (Wildman–Crippen LogP) is 1.66. The zero-order chi connectivity index (χ0) is 15.6. The molecule has 0 unspecified atom stereocenters. The van der Waals surface area contributed by atoms with Crippen LogP contribution in [0.25, 0.3) is 0 Å². The van der Waals surface area contributed by atoms with Gasteiger partial charge in [-0.05, 0) is 36.2 Å². The van der Waals surface area contributed by atoms with Crippen LogP contribution < -0.4 is 10.6 Å². The third-order valence-electron chi connectivity index (χ3n) is 3.03. The van der Waals surface area contributed by atoms with Crippen molar-refractivity contribution < 1.29 is 14.7 Å². The van der Waals surface area contributed by atoms with Crippen molar-refractivity contribution in [1.29, 1.82) is 0 Å². The second-order valence-electron chi connectivity index (χ2n) is 4.35. The third kappa shape index (κ3) is 2.84. The minimum absolute atomic E-state index is 0.0748. The number of hydrogen-bond acceptors (Lipinski definition) is 6. The van der Waals surface area contributed by atoms with Gasteiger partial charge < -0.3 is 15.7 Å². The number of aromatic nitrogens is 2. The summed E-state index contributed by atoms with van der Waals surface area (Å²) in [6.45, 7) is 1.89. The van der Waals surface area contributed by atoms with E-state index in [2.05, 4.69) is 9.59 Å². The molecule has 0 aliphatic heterocycles. The number of benzene rings is 1. The van der Waals surface area contributed by atoms with Crippen LogP contribution in [0.4, 0.5) is 11.4 Å². The van der Waals surface area contributed by atoms with Crippen LogP contribution in [0, 0.1) is 0 Å². The molecule has 0 fully saturated rings. The van der Waals surface area contributed by atoms with Crippen LogP contribution in [0.3, 0.4) is 0 Å². The Morgan fingerprint density at radius 3 is 2.71 bits per heavy atom. The maximum absolute atomic E-state index is 12.4. The third-order valence-corrected chi connectivity index (χ3v) is 3.78. The van der Waals surface area contributed by atoms with Crippen molar-refractivity contribution in [2.75, 3.05) is 17.7 Å². The summed E-state index contributed by atoms with van der Waals surface area (Å²) in [7, 11) is 1.58. The lowest BCUT2D eigenvalue weighted by Gasteiger charge is -2.18. The van der Waals surface area contributed by atoms with E-state index < -0.39 is 5.97 Å². The molecule has 0 aliphatic rings. The van der Waals surface area contributed by atoms with E-state index in [0.717, 1.165) is 11.5 Å². The fourth-order valence-corrected chi connectivity index (χ4v) is 2.58. The molecule has 3 N–H and O–H groups in total. The number of carbonyl (C=O) groups excluding carboxylic acids is 1. The average molecular weight is 306 g/mol. The second-order valence-corrected chi connectivity index (χ2v) is 5.10. The van der Waals surface area contributed by atoms with Crippen molar-refractivity contribution in [3.8, 4) is 0 Å². The highest BCUT2D eigenvalue weighted by atomic mass is 32.1. The van der Waals surface area contributed by atoms with Crippen molar-refractivity contribution >= 4 is 34.8 Å². The van der Waals surface area contributed by atoms with E-state index in [4.69, 9.17) is 10.8 Å². The Balaban J connectivity index is 2.34. The smallest absolute Gasteiger partial charge is 0.335 e. The first-order valence-electron chi connectivity index (χ1n) is 6.17. The molecule has 0 radical (unpaired) electrons. The molecule has 0 spiro atoms. The van der Waals surface area contributed by atoms with Crippen LogP contribution in [0.15, 0.2) is 18.2 Å². The lowest BCUT2D eigenvalue weighted by atomic mass is 10.1. The summed E-state index contributed by atoms with van der Waals surface area (Å²) in [6.07, 6.45) is 0.610. The number of aromatic carboxylic acids is 1. The molecule has 0 saturated heterocycles. The molecule has 0 saturated carbocycles. The number of rotatable bonds is 4. The van der Waals surface area contributed by atoms with Gasteiger partial charge in [0.05, 0.1) is 22.6 Å². The Kier molecular flexibility index (Phi) is 4.18. The van der Waals surface area contributed by atoms with Gasteiger partial charge in [0.2, 0.25) is 0 Å². The Labute approximate surface area is 125 Å². The molecule has 21 heavy (non-hydrogen) atoms. The molecule has 1 aromatic heterocycles. The highest BCUT2D eigenvalue weighted by Gasteiger charge is 2.21. The van der Waals surface area contributed by atoms with Gasteiger partial charge >= 0.3 is 5.97 Å². The summed E-state index contributed by atoms with van der Waals surface area (Å²) >= 11 is 1.03. The van der Waals surface area contributed by atoms with Gasteiger partial charge in [-0.1, -0.05) is 11.4 Å². The molecule has 1 aromatic carbocycles. The van der Waals surface area contributed by atoms with Gasteiger partial charge in [0.15, 0.2) is 0 Å². The zero-order valence-corrected chi connectivity index (χ0v) is 12.3. The maximum atomic E-state index is 12.4. The monoisotopic (exact) mass is 306 g/mol. The molecule has 0 atom stereocenters. The lowest BCUT2D eigenvalue weighted by molar-refractivity contribution is 0.0697. The molecular formula is C13H14N4O3S. The number of carbonyl (C=O) groups is 2. The normalized spacial score (nSPS) is 10.4. The summed E-state index contributed by atoms with van der Waals surface area (Å²) in [5.74, 6) is -1.33. The largest absolute Gasteiger partial charge is 0.478 e. The van der Waals surface area contributed by atoms with E-state index in [9.17, 15) is 9.59 Å². The Morgan fingerprint density at radius 1 is 1.43 bits per heavy atom. The van der Waals surface area contributed by atoms with Crippen LogP contribution in [0.5, 0.6) is 0 Å². The second kappa shape index (κ2) is 5.88. The van der Waals surface area contributed by atoms with Crippen LogP contribution >= 0.6 is 11.5 Å². The Morgan fingerprint density at radius 2 is 2.14 bits per heavy atom. The number of aryl methyl sites for hydroxylation is 1. The minimum atomic E-state index is -1.07. The van der Waals surface area contributed by atoms with E-state index in [-0.39, 0.29) is 17.2 Å². The summed E-state index contributed by atoms with van der Waals surface area (Å²) in [5, 5.41) is 12.8. The number of nitrogen functional groups attached to an aromatic ring is 1. The van der Waals surface area contributed by atoms with Crippen molar-refractivity contribution in [3.05, 3.63) is 34.3 Å². The fourth-order valence-electron chi connectivity index (χ4n) is 1.86. The summed E-state index contributed by atoms with van der Waals surface area (Å²) in [6, 6.07) is 4.24. The number of amides is 1. The molecule has 8 heteroatoms. The Hall–Kier alpha value is -2.48. The molecule has 2 aromatic rings. The van der Waals surface area contributed by atoms with Crippen molar-refractivity contribution in [2.45, 2.75) is 13.3 Å². The Bertz CT molecular complexity index is 698. The number of nitrogens with two attached hydrogens (primary N) is 1. The first kappa shape index (κ1) is 14.9. The molecule has 0 bridgehead atoms. The van der Waals surface area contributed by atoms with Gasteiger partial charge in [0, 0.05) is 7.05 Å². The lowest BCUT2D eigenvalue weighted by Crippen LogP contribution is -2.27. The van der Waals surface area contributed by atoms with E-state index in [0.29, 0.717) is 22.7 Å². The number of anilines is 2. The number of carboxylic acids is 1. The van der Waals surface area contributed by atoms with Crippen LogP contribution in [-0.4, -0.2) is 33.6 Å². The summed E-state index contributed by atoms with van der Waals surface area (Å²) in [5.41, 5.74) is 7.22. The SMILES string of the molecule is CCc1nnsc1C(=O)N(C)c1ccc(C(=O)O)cc1N. The van der Waals surface area contributed by atoms with Gasteiger partial charge in [-0.15, -0.1) is 5.10 Å². The number of hydrogen-bond donors (Lipinski definition) is 2. The molecule has 2 rings (SSSR count). The van der Waals surface area contributed by atoms with Crippen LogP contribution in [0.2, 0.25) is 0 Å². The molecule has 1 amide bonds. The highest BCUT2D eigenvalue weighted by molar-refractivity contribution is 7.08.